The van der Waals surface area contributed by atoms with Crippen molar-refractivity contribution in [3.8, 4) is 0 Å². The quantitative estimate of drug-likeness (QED) is 0.444. The molecule has 2 nitrogen and oxygen atoms in total. The molecule has 2 saturated carbocycles. The molecular weight excluding hydrogens is 392 g/mol. The highest BCUT2D eigenvalue weighted by molar-refractivity contribution is 5.40. The van der Waals surface area contributed by atoms with Crippen LogP contribution < -0.4 is 0 Å². The van der Waals surface area contributed by atoms with Crippen molar-refractivity contribution >= 4 is 0 Å². The molecule has 8 atom stereocenters. The van der Waals surface area contributed by atoms with Crippen LogP contribution in [0.15, 0.2) is 22.8 Å². The third-order valence-electron chi connectivity index (χ3n) is 11.7. The summed E-state index contributed by atoms with van der Waals surface area (Å²) in [6, 6.07) is 0. The lowest BCUT2D eigenvalue weighted by Gasteiger charge is -2.63. The maximum atomic E-state index is 11.9. The highest BCUT2D eigenvalue weighted by atomic mass is 16.3. The Morgan fingerprint density at radius 3 is 2.31 bits per heavy atom. The zero-order valence-corrected chi connectivity index (χ0v) is 22.2. The lowest BCUT2D eigenvalue weighted by molar-refractivity contribution is -0.115. The molecular formula is C30H50O2. The molecule has 0 aromatic carbocycles. The Morgan fingerprint density at radius 1 is 0.969 bits per heavy atom. The van der Waals surface area contributed by atoms with Crippen LogP contribution in [0.4, 0.5) is 0 Å². The molecule has 2 heteroatoms. The Balaban J connectivity index is 1.70. The molecule has 0 bridgehead atoms. The highest BCUT2D eigenvalue weighted by Gasteiger charge is 2.66. The Morgan fingerprint density at radius 2 is 1.66 bits per heavy atom. The van der Waals surface area contributed by atoms with Crippen LogP contribution in [0.2, 0.25) is 0 Å². The topological polar surface area (TPSA) is 40.5 Å². The van der Waals surface area contributed by atoms with Gasteiger partial charge in [0.1, 0.15) is 0 Å². The van der Waals surface area contributed by atoms with E-state index < -0.39 is 0 Å². The largest absolute Gasteiger partial charge is 0.393 e. The molecule has 32 heavy (non-hydrogen) atoms. The minimum atomic E-state index is -0.254. The van der Waals surface area contributed by atoms with Gasteiger partial charge in [-0.1, -0.05) is 64.3 Å². The molecule has 0 amide bonds. The number of aliphatic hydroxyl groups excluding tert-OH is 2. The van der Waals surface area contributed by atoms with Crippen LogP contribution in [-0.4, -0.2) is 22.4 Å². The van der Waals surface area contributed by atoms with Crippen molar-refractivity contribution in [3.05, 3.63) is 22.8 Å². The minimum Gasteiger partial charge on any atom is -0.393 e. The number of aliphatic hydroxyl groups is 2. The molecule has 182 valence electrons. The lowest BCUT2D eigenvalue weighted by atomic mass is 9.42. The Hall–Kier alpha value is -0.600. The van der Waals surface area contributed by atoms with E-state index in [-0.39, 0.29) is 33.9 Å². The van der Waals surface area contributed by atoms with Crippen LogP contribution in [0.5, 0.6) is 0 Å². The van der Waals surface area contributed by atoms with Gasteiger partial charge in [0.15, 0.2) is 0 Å². The number of hydrogen-bond donors (Lipinski definition) is 2. The average molecular weight is 443 g/mol. The summed E-state index contributed by atoms with van der Waals surface area (Å²) in [4.78, 5) is 0. The third kappa shape index (κ3) is 3.25. The predicted octanol–water partition coefficient (Wildman–Crippen LogP) is 7.45. The summed E-state index contributed by atoms with van der Waals surface area (Å²) in [6.45, 7) is 18.8. The van der Waals surface area contributed by atoms with E-state index in [2.05, 4.69) is 61.5 Å². The van der Waals surface area contributed by atoms with E-state index in [9.17, 15) is 10.2 Å². The van der Waals surface area contributed by atoms with Crippen molar-refractivity contribution in [3.63, 3.8) is 0 Å². The molecule has 2 N–H and O–H groups in total. The standard InChI is InChI=1S/C30H50O2/c1-19(2)10-9-11-20(3)21-14-17-29(7)22-12-13-24-27(4,5)25(31)15-16-28(24,6)23(22)18-26(32)30(21,29)8/h10,20-21,24-26,31-32H,9,11-18H2,1-8H3/t20-,21+,24+,25-,26+,28+,29-,30-/m0/s1. The van der Waals surface area contributed by atoms with E-state index in [1.54, 1.807) is 11.1 Å². The van der Waals surface area contributed by atoms with Crippen molar-refractivity contribution in [1.29, 1.82) is 0 Å². The fraction of sp³-hybridized carbons (Fsp3) is 0.867. The minimum absolute atomic E-state index is 0.0247. The van der Waals surface area contributed by atoms with Crippen molar-refractivity contribution in [2.24, 2.45) is 39.4 Å². The van der Waals surface area contributed by atoms with Gasteiger partial charge < -0.3 is 10.2 Å². The first-order chi connectivity index (χ1) is 14.8. The van der Waals surface area contributed by atoms with E-state index >= 15 is 0 Å². The molecule has 2 fully saturated rings. The lowest BCUT2D eigenvalue weighted by Crippen LogP contribution is -2.58. The molecule has 0 aromatic heterocycles. The van der Waals surface area contributed by atoms with Gasteiger partial charge in [0.2, 0.25) is 0 Å². The normalized spacial score (nSPS) is 46.2. The second kappa shape index (κ2) is 7.98. The third-order valence-corrected chi connectivity index (χ3v) is 11.7. The van der Waals surface area contributed by atoms with Gasteiger partial charge in [0, 0.05) is 5.41 Å². The van der Waals surface area contributed by atoms with Gasteiger partial charge in [-0.3, -0.25) is 0 Å². The molecule has 0 spiro atoms. The zero-order chi connectivity index (χ0) is 23.7. The molecule has 4 aliphatic rings. The van der Waals surface area contributed by atoms with E-state index in [1.807, 2.05) is 0 Å². The molecule has 0 radical (unpaired) electrons. The summed E-state index contributed by atoms with van der Waals surface area (Å²) in [5.41, 5.74) is 4.91. The van der Waals surface area contributed by atoms with Gasteiger partial charge in [-0.05, 0) is 106 Å². The van der Waals surface area contributed by atoms with Crippen molar-refractivity contribution in [2.75, 3.05) is 0 Å². The molecule has 0 saturated heterocycles. The fourth-order valence-corrected chi connectivity index (χ4v) is 9.47. The van der Waals surface area contributed by atoms with E-state index in [4.69, 9.17) is 0 Å². The van der Waals surface area contributed by atoms with Crippen LogP contribution in [-0.2, 0) is 0 Å². The summed E-state index contributed by atoms with van der Waals surface area (Å²) >= 11 is 0. The molecule has 4 aliphatic carbocycles. The first kappa shape index (κ1) is 24.5. The molecule has 0 heterocycles. The van der Waals surface area contributed by atoms with Crippen LogP contribution in [0.25, 0.3) is 0 Å². The maximum Gasteiger partial charge on any atom is 0.0642 e. The van der Waals surface area contributed by atoms with Crippen molar-refractivity contribution in [1.82, 2.24) is 0 Å². The molecule has 0 aliphatic heterocycles. The Kier molecular flexibility index (Phi) is 6.11. The molecule has 0 unspecified atom stereocenters. The van der Waals surface area contributed by atoms with Crippen LogP contribution >= 0.6 is 0 Å². The zero-order valence-electron chi connectivity index (χ0n) is 22.2. The van der Waals surface area contributed by atoms with Gasteiger partial charge in [-0.15, -0.1) is 0 Å². The van der Waals surface area contributed by atoms with E-state index in [1.165, 1.54) is 37.7 Å². The first-order valence-corrected chi connectivity index (χ1v) is 13.5. The summed E-state index contributed by atoms with van der Waals surface area (Å²) in [6.07, 6.45) is 12.0. The van der Waals surface area contributed by atoms with Gasteiger partial charge in [-0.2, -0.15) is 0 Å². The average Bonchev–Trinajstić information content (AvgIpc) is 2.99. The maximum absolute atomic E-state index is 11.9. The fourth-order valence-electron chi connectivity index (χ4n) is 9.47. The van der Waals surface area contributed by atoms with Crippen molar-refractivity contribution < 1.29 is 10.2 Å². The van der Waals surface area contributed by atoms with E-state index in [0.29, 0.717) is 17.8 Å². The Bertz CT molecular complexity index is 802. The summed E-state index contributed by atoms with van der Waals surface area (Å²) in [5, 5.41) is 22.7. The summed E-state index contributed by atoms with van der Waals surface area (Å²) in [7, 11) is 0. The van der Waals surface area contributed by atoms with Crippen molar-refractivity contribution in [2.45, 2.75) is 125 Å². The number of hydrogen-bond acceptors (Lipinski definition) is 2. The van der Waals surface area contributed by atoms with Gasteiger partial charge in [0.05, 0.1) is 12.2 Å². The van der Waals surface area contributed by atoms with Gasteiger partial charge in [-0.25, -0.2) is 0 Å². The van der Waals surface area contributed by atoms with E-state index in [0.717, 1.165) is 25.7 Å². The molecule has 4 rings (SSSR count). The van der Waals surface area contributed by atoms with Crippen LogP contribution in [0.1, 0.15) is 113 Å². The number of allylic oxidation sites excluding steroid dienone is 3. The highest BCUT2D eigenvalue weighted by Crippen LogP contribution is 2.72. The monoisotopic (exact) mass is 442 g/mol. The number of fused-ring (bicyclic) bond motifs is 4. The van der Waals surface area contributed by atoms with Crippen LogP contribution in [0, 0.1) is 39.4 Å². The summed E-state index contributed by atoms with van der Waals surface area (Å²) < 4.78 is 0. The first-order valence-electron chi connectivity index (χ1n) is 13.5. The van der Waals surface area contributed by atoms with Gasteiger partial charge in [0.25, 0.3) is 0 Å². The number of rotatable bonds is 4. The smallest absolute Gasteiger partial charge is 0.0642 e. The second-order valence-corrected chi connectivity index (χ2v) is 13.7. The second-order valence-electron chi connectivity index (χ2n) is 13.7. The Labute approximate surface area is 198 Å². The SMILES string of the molecule is CC(C)=CCC[C@H](C)[C@H]1CC[C@@]2(C)C3=C(C[C@@H](O)[C@]12C)[C@@]1(C)CC[C@H](O)C(C)(C)[C@H]1CC3. The van der Waals surface area contributed by atoms with Crippen LogP contribution in [0.3, 0.4) is 0 Å². The van der Waals surface area contributed by atoms with Gasteiger partial charge >= 0.3 is 0 Å². The summed E-state index contributed by atoms with van der Waals surface area (Å²) in [5.74, 6) is 1.75. The predicted molar refractivity (Wildman–Crippen MR) is 134 cm³/mol. The molecule has 0 aromatic rings.